The maximum absolute atomic E-state index is 12.0. The van der Waals surface area contributed by atoms with Gasteiger partial charge in [-0.25, -0.2) is 0 Å². The van der Waals surface area contributed by atoms with Crippen LogP contribution >= 0.6 is 0 Å². The van der Waals surface area contributed by atoms with Gasteiger partial charge in [0.15, 0.2) is 11.5 Å². The van der Waals surface area contributed by atoms with E-state index in [-0.39, 0.29) is 12.7 Å². The molecule has 0 spiro atoms. The molecule has 1 amide bonds. The van der Waals surface area contributed by atoms with Gasteiger partial charge in [0.25, 0.3) is 0 Å². The molecule has 5 nitrogen and oxygen atoms in total. The fraction of sp³-hybridized carbons (Fsp3) is 0.562. The molecule has 2 atom stereocenters. The van der Waals surface area contributed by atoms with Gasteiger partial charge in [-0.15, -0.1) is 0 Å². The van der Waals surface area contributed by atoms with Crippen LogP contribution in [0.4, 0.5) is 5.69 Å². The minimum absolute atomic E-state index is 0.0691. The molecule has 0 saturated carbocycles. The molecule has 0 radical (unpaired) electrons. The van der Waals surface area contributed by atoms with E-state index >= 15 is 0 Å². The monoisotopic (exact) mass is 291 g/mol. The normalized spacial score (nSPS) is 23.9. The van der Waals surface area contributed by atoms with E-state index in [1.54, 1.807) is 4.90 Å². The molecule has 0 bridgehead atoms. The smallest absolute Gasteiger partial charge is 0.231 e. The van der Waals surface area contributed by atoms with Crippen molar-refractivity contribution in [3.63, 3.8) is 0 Å². The summed E-state index contributed by atoms with van der Waals surface area (Å²) in [4.78, 5) is 13.6. The zero-order valence-corrected chi connectivity index (χ0v) is 12.5. The molecule has 2 aliphatic rings. The van der Waals surface area contributed by atoms with E-state index in [1.165, 1.54) is 25.9 Å². The molecular formula is C16H23N2O3+. The molecule has 1 fully saturated rings. The first kappa shape index (κ1) is 14.2. The highest BCUT2D eigenvalue weighted by Gasteiger charge is 2.20. The third kappa shape index (κ3) is 3.67. The van der Waals surface area contributed by atoms with E-state index < -0.39 is 0 Å². The summed E-state index contributed by atoms with van der Waals surface area (Å²) in [6.45, 7) is 5.86. The summed E-state index contributed by atoms with van der Waals surface area (Å²) in [7, 11) is 0. The molecule has 2 aliphatic heterocycles. The van der Waals surface area contributed by atoms with Crippen molar-refractivity contribution >= 4 is 11.6 Å². The molecule has 1 saturated heterocycles. The van der Waals surface area contributed by atoms with E-state index in [4.69, 9.17) is 9.47 Å². The minimum atomic E-state index is 0.0691. The van der Waals surface area contributed by atoms with Gasteiger partial charge in [-0.3, -0.25) is 4.79 Å². The first-order valence-electron chi connectivity index (χ1n) is 7.74. The number of amides is 1. The lowest BCUT2D eigenvalue weighted by molar-refractivity contribution is -0.907. The van der Waals surface area contributed by atoms with Gasteiger partial charge >= 0.3 is 0 Å². The number of carbonyl (C=O) groups is 1. The Morgan fingerprint density at radius 3 is 3.10 bits per heavy atom. The van der Waals surface area contributed by atoms with Crippen molar-refractivity contribution in [3.05, 3.63) is 18.2 Å². The van der Waals surface area contributed by atoms with Crippen LogP contribution in [0.15, 0.2) is 18.2 Å². The number of nitrogens with one attached hydrogen (secondary N) is 2. The molecule has 3 rings (SSSR count). The van der Waals surface area contributed by atoms with Gasteiger partial charge in [0.2, 0.25) is 12.7 Å². The number of hydrogen-bond donors (Lipinski definition) is 2. The molecular weight excluding hydrogens is 268 g/mol. The molecule has 1 aromatic rings. The predicted octanol–water partition coefficient (Wildman–Crippen LogP) is 1.06. The first-order chi connectivity index (χ1) is 10.2. The minimum Gasteiger partial charge on any atom is -0.454 e. The van der Waals surface area contributed by atoms with Crippen molar-refractivity contribution in [2.45, 2.75) is 26.2 Å². The van der Waals surface area contributed by atoms with Crippen LogP contribution in [0.5, 0.6) is 11.5 Å². The Labute approximate surface area is 125 Å². The van der Waals surface area contributed by atoms with Crippen molar-refractivity contribution in [3.8, 4) is 11.5 Å². The zero-order valence-electron chi connectivity index (χ0n) is 12.5. The Bertz CT molecular complexity index is 518. The second-order valence-corrected chi connectivity index (χ2v) is 6.07. The summed E-state index contributed by atoms with van der Waals surface area (Å²) in [6.07, 6.45) is 3.17. The van der Waals surface area contributed by atoms with Crippen molar-refractivity contribution in [2.24, 2.45) is 5.92 Å². The molecule has 1 aromatic carbocycles. The third-order valence-electron chi connectivity index (χ3n) is 4.23. The van der Waals surface area contributed by atoms with Crippen LogP contribution in [-0.2, 0) is 4.79 Å². The second-order valence-electron chi connectivity index (χ2n) is 6.07. The van der Waals surface area contributed by atoms with Gasteiger partial charge in [-0.1, -0.05) is 6.92 Å². The maximum atomic E-state index is 12.0. The Hall–Kier alpha value is -1.75. The van der Waals surface area contributed by atoms with Gasteiger partial charge < -0.3 is 19.7 Å². The number of hydrogen-bond acceptors (Lipinski definition) is 3. The first-order valence-corrected chi connectivity index (χ1v) is 7.74. The molecule has 21 heavy (non-hydrogen) atoms. The van der Waals surface area contributed by atoms with Gasteiger partial charge in [-0.05, 0) is 25.0 Å². The van der Waals surface area contributed by atoms with Gasteiger partial charge in [0.05, 0.1) is 26.1 Å². The van der Waals surface area contributed by atoms with E-state index in [0.29, 0.717) is 12.2 Å². The molecule has 0 aliphatic carbocycles. The van der Waals surface area contributed by atoms with Crippen molar-refractivity contribution in [1.29, 1.82) is 0 Å². The van der Waals surface area contributed by atoms with Gasteiger partial charge in [-0.2, -0.15) is 0 Å². The van der Waals surface area contributed by atoms with Gasteiger partial charge in [0, 0.05) is 17.7 Å². The van der Waals surface area contributed by atoms with E-state index in [0.717, 1.165) is 23.9 Å². The van der Waals surface area contributed by atoms with Gasteiger partial charge in [0.1, 0.15) is 0 Å². The van der Waals surface area contributed by atoms with Crippen LogP contribution in [0.1, 0.15) is 26.2 Å². The van der Waals surface area contributed by atoms with Crippen LogP contribution < -0.4 is 19.7 Å². The third-order valence-corrected chi connectivity index (χ3v) is 4.23. The summed E-state index contributed by atoms with van der Waals surface area (Å²) < 4.78 is 10.6. The van der Waals surface area contributed by atoms with Crippen molar-refractivity contribution in [2.75, 3.05) is 31.7 Å². The Morgan fingerprint density at radius 2 is 2.24 bits per heavy atom. The average Bonchev–Trinajstić information content (AvgIpc) is 2.93. The zero-order chi connectivity index (χ0) is 14.7. The summed E-state index contributed by atoms with van der Waals surface area (Å²) in [5, 5.41) is 2.93. The number of likely N-dealkylation sites (tertiary alicyclic amines) is 1. The average molecular weight is 291 g/mol. The maximum Gasteiger partial charge on any atom is 0.231 e. The van der Waals surface area contributed by atoms with E-state index in [2.05, 4.69) is 12.2 Å². The van der Waals surface area contributed by atoms with Crippen LogP contribution in [0.25, 0.3) is 0 Å². The van der Waals surface area contributed by atoms with E-state index in [9.17, 15) is 4.79 Å². The topological polar surface area (TPSA) is 52.0 Å². The van der Waals surface area contributed by atoms with E-state index in [1.807, 2.05) is 18.2 Å². The number of carbonyl (C=O) groups excluding carboxylic acids is 1. The fourth-order valence-electron chi connectivity index (χ4n) is 3.11. The Kier molecular flexibility index (Phi) is 4.29. The van der Waals surface area contributed by atoms with Crippen molar-refractivity contribution < 1.29 is 19.2 Å². The Morgan fingerprint density at radius 1 is 1.38 bits per heavy atom. The Balaban J connectivity index is 1.48. The summed E-state index contributed by atoms with van der Waals surface area (Å²) in [5.74, 6) is 2.29. The van der Waals surface area contributed by atoms with Crippen LogP contribution in [0.3, 0.4) is 0 Å². The van der Waals surface area contributed by atoms with Crippen LogP contribution in [0, 0.1) is 5.92 Å². The standard InChI is InChI=1S/C16H22N2O3/c1-12-3-2-7-18(10-12)8-6-16(19)17-13-4-5-14-15(9-13)21-11-20-14/h4-5,9,12H,2-3,6-8,10-11H2,1H3,(H,17,19)/p+1/t12-/m1/s1. The quantitative estimate of drug-likeness (QED) is 0.872. The molecule has 114 valence electrons. The lowest BCUT2D eigenvalue weighted by Crippen LogP contribution is -3.13. The summed E-state index contributed by atoms with van der Waals surface area (Å²) in [6, 6.07) is 5.49. The lowest BCUT2D eigenvalue weighted by Gasteiger charge is -2.27. The highest BCUT2D eigenvalue weighted by atomic mass is 16.7. The highest BCUT2D eigenvalue weighted by molar-refractivity contribution is 5.91. The second kappa shape index (κ2) is 6.35. The number of anilines is 1. The number of rotatable bonds is 4. The number of benzene rings is 1. The van der Waals surface area contributed by atoms with Crippen LogP contribution in [-0.4, -0.2) is 32.3 Å². The number of ether oxygens (including phenoxy) is 2. The largest absolute Gasteiger partial charge is 0.454 e. The number of quaternary nitrogens is 1. The lowest BCUT2D eigenvalue weighted by atomic mass is 10.0. The summed E-state index contributed by atoms with van der Waals surface area (Å²) >= 11 is 0. The molecule has 5 heteroatoms. The summed E-state index contributed by atoms with van der Waals surface area (Å²) in [5.41, 5.74) is 0.770. The highest BCUT2D eigenvalue weighted by Crippen LogP contribution is 2.34. The number of piperidine rings is 1. The molecule has 2 N–H and O–H groups in total. The van der Waals surface area contributed by atoms with Crippen LogP contribution in [0.2, 0.25) is 0 Å². The fourth-order valence-corrected chi connectivity index (χ4v) is 3.11. The SMILES string of the molecule is C[C@@H]1CCC[NH+](CCC(=O)Nc2ccc3c(c2)OCO3)C1. The predicted molar refractivity (Wildman–Crippen MR) is 79.8 cm³/mol. The number of fused-ring (bicyclic) bond motifs is 1. The van der Waals surface area contributed by atoms with Crippen molar-refractivity contribution in [1.82, 2.24) is 0 Å². The molecule has 2 heterocycles. The molecule has 0 aromatic heterocycles. The molecule has 1 unspecified atom stereocenters.